The molecule has 1 amide bonds. The average Bonchev–Trinajstić information content (AvgIpc) is 2.87. The molecule has 1 aliphatic carbocycles. The fourth-order valence-electron chi connectivity index (χ4n) is 3.02. The van der Waals surface area contributed by atoms with Crippen LogP contribution < -0.4 is 5.32 Å². The number of rotatable bonds is 3. The molecule has 0 aliphatic heterocycles. The zero-order valence-electron chi connectivity index (χ0n) is 12.7. The third-order valence-corrected chi connectivity index (χ3v) is 4.22. The molecular weight excluding hydrogens is 250 g/mol. The highest BCUT2D eigenvalue weighted by molar-refractivity contribution is 5.96. The van der Waals surface area contributed by atoms with Crippen molar-refractivity contribution in [2.24, 2.45) is 0 Å². The maximum atomic E-state index is 12.6. The summed E-state index contributed by atoms with van der Waals surface area (Å²) < 4.78 is 0. The van der Waals surface area contributed by atoms with E-state index in [9.17, 15) is 9.90 Å². The van der Waals surface area contributed by atoms with Gasteiger partial charge in [-0.3, -0.25) is 4.79 Å². The standard InChI is InChI=1S/C17H25NO2/c1-16(2,3)14-9-5-4-8-13(14)15(20)18-17(12-19)10-6-7-11-17/h4-5,8-9,19H,6-7,10-12H2,1-3H3,(H,18,20). The van der Waals surface area contributed by atoms with Gasteiger partial charge < -0.3 is 10.4 Å². The number of aliphatic hydroxyl groups excluding tert-OH is 1. The van der Waals surface area contributed by atoms with Crippen LogP contribution in [0.25, 0.3) is 0 Å². The Morgan fingerprint density at radius 2 is 1.85 bits per heavy atom. The van der Waals surface area contributed by atoms with Crippen LogP contribution in [0.5, 0.6) is 0 Å². The Labute approximate surface area is 121 Å². The topological polar surface area (TPSA) is 49.3 Å². The third-order valence-electron chi connectivity index (χ3n) is 4.22. The summed E-state index contributed by atoms with van der Waals surface area (Å²) in [6.45, 7) is 6.35. The van der Waals surface area contributed by atoms with Gasteiger partial charge in [-0.25, -0.2) is 0 Å². The number of carbonyl (C=O) groups is 1. The van der Waals surface area contributed by atoms with E-state index in [1.807, 2.05) is 24.3 Å². The van der Waals surface area contributed by atoms with Crippen molar-refractivity contribution in [3.8, 4) is 0 Å². The second-order valence-electron chi connectivity index (χ2n) is 6.90. The molecule has 20 heavy (non-hydrogen) atoms. The molecule has 0 saturated heterocycles. The lowest BCUT2D eigenvalue weighted by atomic mass is 9.83. The maximum Gasteiger partial charge on any atom is 0.252 e. The van der Waals surface area contributed by atoms with Gasteiger partial charge in [0.15, 0.2) is 0 Å². The van der Waals surface area contributed by atoms with Gasteiger partial charge in [-0.2, -0.15) is 0 Å². The summed E-state index contributed by atoms with van der Waals surface area (Å²) in [7, 11) is 0. The highest BCUT2D eigenvalue weighted by atomic mass is 16.3. The molecule has 1 aromatic carbocycles. The number of hydrogen-bond donors (Lipinski definition) is 2. The van der Waals surface area contributed by atoms with Crippen LogP contribution in [0.4, 0.5) is 0 Å². The lowest BCUT2D eigenvalue weighted by Crippen LogP contribution is -2.49. The summed E-state index contributed by atoms with van der Waals surface area (Å²) >= 11 is 0. The van der Waals surface area contributed by atoms with Crippen LogP contribution >= 0.6 is 0 Å². The summed E-state index contributed by atoms with van der Waals surface area (Å²) in [5.74, 6) is -0.0634. The van der Waals surface area contributed by atoms with Gasteiger partial charge in [0.05, 0.1) is 12.1 Å². The molecule has 1 aliphatic rings. The Kier molecular flexibility index (Phi) is 4.19. The van der Waals surface area contributed by atoms with Gasteiger partial charge in [-0.1, -0.05) is 51.8 Å². The third kappa shape index (κ3) is 3.04. The van der Waals surface area contributed by atoms with Crippen LogP contribution in [-0.4, -0.2) is 23.2 Å². The van der Waals surface area contributed by atoms with E-state index in [1.54, 1.807) is 0 Å². The van der Waals surface area contributed by atoms with E-state index in [4.69, 9.17) is 0 Å². The Hall–Kier alpha value is -1.35. The molecule has 3 nitrogen and oxygen atoms in total. The van der Waals surface area contributed by atoms with Crippen LogP contribution in [0.3, 0.4) is 0 Å². The van der Waals surface area contributed by atoms with Crippen LogP contribution in [0.2, 0.25) is 0 Å². The van der Waals surface area contributed by atoms with Gasteiger partial charge in [0.1, 0.15) is 0 Å². The Bertz CT molecular complexity index is 482. The number of aliphatic hydroxyl groups is 1. The minimum Gasteiger partial charge on any atom is -0.394 e. The van der Waals surface area contributed by atoms with Crippen molar-refractivity contribution in [1.82, 2.24) is 5.32 Å². The first-order valence-corrected chi connectivity index (χ1v) is 7.41. The highest BCUT2D eigenvalue weighted by Gasteiger charge is 2.35. The lowest BCUT2D eigenvalue weighted by molar-refractivity contribution is 0.0836. The summed E-state index contributed by atoms with van der Waals surface area (Å²) in [5, 5.41) is 12.7. The van der Waals surface area contributed by atoms with E-state index in [0.29, 0.717) is 0 Å². The largest absolute Gasteiger partial charge is 0.394 e. The number of nitrogens with one attached hydrogen (secondary N) is 1. The Morgan fingerprint density at radius 1 is 1.25 bits per heavy atom. The van der Waals surface area contributed by atoms with Crippen LogP contribution in [0.15, 0.2) is 24.3 Å². The molecule has 2 rings (SSSR count). The molecule has 0 spiro atoms. The molecule has 1 fully saturated rings. The van der Waals surface area contributed by atoms with E-state index in [-0.39, 0.29) is 17.9 Å². The van der Waals surface area contributed by atoms with Crippen molar-refractivity contribution >= 4 is 5.91 Å². The van der Waals surface area contributed by atoms with Crippen LogP contribution in [0, 0.1) is 0 Å². The zero-order chi connectivity index (χ0) is 14.8. The van der Waals surface area contributed by atoms with Crippen LogP contribution in [-0.2, 0) is 5.41 Å². The molecule has 0 atom stereocenters. The minimum atomic E-state index is -0.415. The fourth-order valence-corrected chi connectivity index (χ4v) is 3.02. The predicted molar refractivity (Wildman–Crippen MR) is 80.9 cm³/mol. The van der Waals surface area contributed by atoms with Crippen molar-refractivity contribution in [3.05, 3.63) is 35.4 Å². The summed E-state index contributed by atoms with van der Waals surface area (Å²) in [6.07, 6.45) is 3.88. The summed E-state index contributed by atoms with van der Waals surface area (Å²) in [6, 6.07) is 7.74. The lowest BCUT2D eigenvalue weighted by Gasteiger charge is -2.29. The second kappa shape index (κ2) is 5.57. The molecule has 2 N–H and O–H groups in total. The molecule has 1 aromatic rings. The molecule has 110 valence electrons. The quantitative estimate of drug-likeness (QED) is 0.891. The molecule has 0 aromatic heterocycles. The van der Waals surface area contributed by atoms with E-state index < -0.39 is 5.54 Å². The maximum absolute atomic E-state index is 12.6. The Morgan fingerprint density at radius 3 is 2.40 bits per heavy atom. The second-order valence-corrected chi connectivity index (χ2v) is 6.90. The van der Waals surface area contributed by atoms with Gasteiger partial charge in [-0.05, 0) is 29.9 Å². The Balaban J connectivity index is 2.26. The molecule has 0 bridgehead atoms. The van der Waals surface area contributed by atoms with E-state index in [1.165, 1.54) is 0 Å². The van der Waals surface area contributed by atoms with Gasteiger partial charge in [0, 0.05) is 5.56 Å². The van der Waals surface area contributed by atoms with Crippen molar-refractivity contribution in [2.45, 2.75) is 57.4 Å². The fraction of sp³-hybridized carbons (Fsp3) is 0.588. The van der Waals surface area contributed by atoms with Gasteiger partial charge in [0.2, 0.25) is 0 Å². The number of carbonyl (C=O) groups excluding carboxylic acids is 1. The normalized spacial score (nSPS) is 18.0. The smallest absolute Gasteiger partial charge is 0.252 e. The molecular formula is C17H25NO2. The van der Waals surface area contributed by atoms with Gasteiger partial charge in [-0.15, -0.1) is 0 Å². The monoisotopic (exact) mass is 275 g/mol. The number of amides is 1. The minimum absolute atomic E-state index is 0.0242. The van der Waals surface area contributed by atoms with Crippen molar-refractivity contribution < 1.29 is 9.90 Å². The van der Waals surface area contributed by atoms with Crippen molar-refractivity contribution in [1.29, 1.82) is 0 Å². The average molecular weight is 275 g/mol. The van der Waals surface area contributed by atoms with Gasteiger partial charge in [0.25, 0.3) is 5.91 Å². The van der Waals surface area contributed by atoms with Gasteiger partial charge >= 0.3 is 0 Å². The van der Waals surface area contributed by atoms with E-state index >= 15 is 0 Å². The first kappa shape index (κ1) is 15.0. The predicted octanol–water partition coefficient (Wildman–Crippen LogP) is 3.02. The first-order valence-electron chi connectivity index (χ1n) is 7.41. The summed E-state index contributed by atoms with van der Waals surface area (Å²) in [4.78, 5) is 12.6. The molecule has 1 saturated carbocycles. The molecule has 0 radical (unpaired) electrons. The van der Waals surface area contributed by atoms with E-state index in [0.717, 1.165) is 36.8 Å². The zero-order valence-corrected chi connectivity index (χ0v) is 12.7. The molecule has 3 heteroatoms. The number of hydrogen-bond acceptors (Lipinski definition) is 2. The highest BCUT2D eigenvalue weighted by Crippen LogP contribution is 2.31. The first-order chi connectivity index (χ1) is 9.38. The van der Waals surface area contributed by atoms with Crippen LogP contribution in [0.1, 0.15) is 62.4 Å². The molecule has 0 heterocycles. The SMILES string of the molecule is CC(C)(C)c1ccccc1C(=O)NC1(CO)CCCC1. The van der Waals surface area contributed by atoms with Crippen molar-refractivity contribution in [2.75, 3.05) is 6.61 Å². The van der Waals surface area contributed by atoms with Crippen molar-refractivity contribution in [3.63, 3.8) is 0 Å². The summed E-state index contributed by atoms with van der Waals surface area (Å²) in [5.41, 5.74) is 1.28. The molecule has 0 unspecified atom stereocenters. The van der Waals surface area contributed by atoms with E-state index in [2.05, 4.69) is 26.1 Å². The number of benzene rings is 1.